The summed E-state index contributed by atoms with van der Waals surface area (Å²) in [5.74, 6) is -0.908. The zero-order chi connectivity index (χ0) is 26.9. The highest BCUT2D eigenvalue weighted by atomic mass is 16.5. The van der Waals surface area contributed by atoms with Gasteiger partial charge in [0.25, 0.3) is 5.91 Å². The average Bonchev–Trinajstić information content (AvgIpc) is 3.22. The number of nitrogens with two attached hydrogens (primary N) is 1. The molecule has 2 atom stereocenters. The fraction of sp³-hybridized carbons (Fsp3) is 0.323. The smallest absolute Gasteiger partial charge is 0.306 e. The minimum atomic E-state index is -0.376. The van der Waals surface area contributed by atoms with Gasteiger partial charge < -0.3 is 20.7 Å². The Bertz CT molecular complexity index is 1240. The lowest BCUT2D eigenvalue weighted by atomic mass is 10.00. The van der Waals surface area contributed by atoms with Gasteiger partial charge in [0.1, 0.15) is 0 Å². The minimum absolute atomic E-state index is 0.00285. The predicted molar refractivity (Wildman–Crippen MR) is 148 cm³/mol. The second kappa shape index (κ2) is 12.9. The van der Waals surface area contributed by atoms with Crippen molar-refractivity contribution < 1.29 is 19.1 Å². The second-order valence-corrected chi connectivity index (χ2v) is 9.73. The van der Waals surface area contributed by atoms with Crippen molar-refractivity contribution in [3.63, 3.8) is 0 Å². The lowest BCUT2D eigenvalue weighted by molar-refractivity contribution is -0.144. The van der Waals surface area contributed by atoms with Crippen molar-refractivity contribution in [3.8, 4) is 11.1 Å². The quantitative estimate of drug-likeness (QED) is 0.291. The molecule has 3 N–H and O–H groups in total. The molecule has 0 unspecified atom stereocenters. The van der Waals surface area contributed by atoms with E-state index in [0.29, 0.717) is 37.2 Å². The van der Waals surface area contributed by atoms with E-state index in [0.717, 1.165) is 24.0 Å². The van der Waals surface area contributed by atoms with E-state index in [1.165, 1.54) is 12.7 Å². The van der Waals surface area contributed by atoms with Crippen molar-refractivity contribution in [2.75, 3.05) is 25.9 Å². The molecule has 0 radical (unpaired) electrons. The number of amides is 2. The lowest BCUT2D eigenvalue weighted by Crippen LogP contribution is -2.37. The van der Waals surface area contributed by atoms with Crippen LogP contribution in [0.25, 0.3) is 11.1 Å². The summed E-state index contributed by atoms with van der Waals surface area (Å²) >= 11 is 0. The van der Waals surface area contributed by atoms with Crippen molar-refractivity contribution in [1.82, 2.24) is 10.2 Å². The molecule has 198 valence electrons. The number of esters is 1. The van der Waals surface area contributed by atoms with Gasteiger partial charge in [0.05, 0.1) is 19.4 Å². The largest absolute Gasteiger partial charge is 0.469 e. The number of hydrogen-bond acceptors (Lipinski definition) is 5. The molecule has 0 bridgehead atoms. The predicted octanol–water partition coefficient (Wildman–Crippen LogP) is 4.47. The summed E-state index contributed by atoms with van der Waals surface area (Å²) in [4.78, 5) is 39.6. The van der Waals surface area contributed by atoms with Crippen LogP contribution in [0.2, 0.25) is 0 Å². The van der Waals surface area contributed by atoms with Crippen LogP contribution in [0.15, 0.2) is 78.9 Å². The van der Waals surface area contributed by atoms with Gasteiger partial charge in [-0.2, -0.15) is 0 Å². The van der Waals surface area contributed by atoms with Crippen LogP contribution in [-0.2, 0) is 20.7 Å². The molecule has 1 heterocycles. The Labute approximate surface area is 224 Å². The maximum absolute atomic E-state index is 13.1. The Morgan fingerprint density at radius 3 is 2.47 bits per heavy atom. The molecule has 38 heavy (non-hydrogen) atoms. The van der Waals surface area contributed by atoms with E-state index < -0.39 is 0 Å². The first kappa shape index (κ1) is 26.9. The van der Waals surface area contributed by atoms with Crippen molar-refractivity contribution in [3.05, 3.63) is 90.0 Å². The lowest BCUT2D eigenvalue weighted by Gasteiger charge is -2.25. The van der Waals surface area contributed by atoms with Crippen LogP contribution >= 0.6 is 0 Å². The fourth-order valence-electron chi connectivity index (χ4n) is 5.08. The van der Waals surface area contributed by atoms with E-state index in [1.807, 2.05) is 59.5 Å². The Morgan fingerprint density at radius 2 is 1.76 bits per heavy atom. The molecule has 1 aliphatic rings. The van der Waals surface area contributed by atoms with Gasteiger partial charge in [0, 0.05) is 30.4 Å². The average molecular weight is 514 g/mol. The number of carbonyl (C=O) groups excluding carboxylic acids is 3. The number of carbonyl (C=O) groups is 3. The van der Waals surface area contributed by atoms with Crippen molar-refractivity contribution in [1.29, 1.82) is 0 Å². The summed E-state index contributed by atoms with van der Waals surface area (Å²) in [5, 5.41) is 2.99. The van der Waals surface area contributed by atoms with E-state index in [4.69, 9.17) is 10.5 Å². The van der Waals surface area contributed by atoms with Gasteiger partial charge in [0.2, 0.25) is 5.91 Å². The van der Waals surface area contributed by atoms with Crippen LogP contribution in [0.3, 0.4) is 0 Å². The normalized spacial score (nSPS) is 16.9. The maximum atomic E-state index is 13.1. The van der Waals surface area contributed by atoms with E-state index in [1.54, 1.807) is 12.1 Å². The third-order valence-electron chi connectivity index (χ3n) is 7.11. The Hall–Kier alpha value is -4.13. The van der Waals surface area contributed by atoms with Gasteiger partial charge in [-0.05, 0) is 66.6 Å². The molecule has 3 aromatic rings. The second-order valence-electron chi connectivity index (χ2n) is 9.73. The fourth-order valence-corrected chi connectivity index (χ4v) is 5.08. The van der Waals surface area contributed by atoms with Crippen LogP contribution in [0.5, 0.6) is 0 Å². The summed E-state index contributed by atoms with van der Waals surface area (Å²) in [6.45, 7) is 1.06. The first-order valence-electron chi connectivity index (χ1n) is 13.1. The standard InChI is InChI=1S/C31H35N3O4/c1-38-29(35)21-26-20-28(34(31(26)37)18-6-9-22-7-3-2-4-8-22)16-17-33-30(36)24-14-12-23(13-15-24)25-10-5-11-27(32)19-25/h2-5,7-8,10-15,19,26,28H,6,9,16-18,20-21,32H2,1H3,(H,33,36)/t26-,28+/m0/s1. The highest BCUT2D eigenvalue weighted by molar-refractivity contribution is 5.94. The number of methoxy groups -OCH3 is 1. The zero-order valence-corrected chi connectivity index (χ0v) is 21.8. The van der Waals surface area contributed by atoms with Gasteiger partial charge in [-0.15, -0.1) is 0 Å². The van der Waals surface area contributed by atoms with Gasteiger partial charge >= 0.3 is 5.97 Å². The summed E-state index contributed by atoms with van der Waals surface area (Å²) in [7, 11) is 1.34. The van der Waals surface area contributed by atoms with Crippen LogP contribution in [0, 0.1) is 5.92 Å². The molecule has 1 fully saturated rings. The minimum Gasteiger partial charge on any atom is -0.469 e. The number of nitrogen functional groups attached to an aromatic ring is 1. The number of hydrogen-bond donors (Lipinski definition) is 2. The molecule has 0 aromatic heterocycles. The summed E-state index contributed by atoms with van der Waals surface area (Å²) in [5.41, 5.74) is 10.4. The number of benzene rings is 3. The summed E-state index contributed by atoms with van der Waals surface area (Å²) in [6.07, 6.45) is 3.02. The van der Waals surface area contributed by atoms with E-state index in [9.17, 15) is 14.4 Å². The van der Waals surface area contributed by atoms with Gasteiger partial charge in [-0.3, -0.25) is 14.4 Å². The monoisotopic (exact) mass is 513 g/mol. The molecule has 7 heteroatoms. The number of nitrogens with one attached hydrogen (secondary N) is 1. The molecular weight excluding hydrogens is 478 g/mol. The van der Waals surface area contributed by atoms with Crippen molar-refractivity contribution >= 4 is 23.5 Å². The third kappa shape index (κ3) is 7.00. The van der Waals surface area contributed by atoms with E-state index in [-0.39, 0.29) is 36.2 Å². The molecule has 2 amide bonds. The van der Waals surface area contributed by atoms with Crippen LogP contribution in [0.4, 0.5) is 5.69 Å². The van der Waals surface area contributed by atoms with Gasteiger partial charge in [-0.1, -0.05) is 54.6 Å². The highest BCUT2D eigenvalue weighted by Gasteiger charge is 2.39. The number of ether oxygens (including phenoxy) is 1. The molecule has 4 rings (SSSR count). The van der Waals surface area contributed by atoms with E-state index >= 15 is 0 Å². The van der Waals surface area contributed by atoms with E-state index in [2.05, 4.69) is 17.4 Å². The number of rotatable bonds is 11. The zero-order valence-electron chi connectivity index (χ0n) is 21.8. The van der Waals surface area contributed by atoms with Crippen LogP contribution < -0.4 is 11.1 Å². The molecule has 1 aliphatic heterocycles. The van der Waals surface area contributed by atoms with Crippen molar-refractivity contribution in [2.24, 2.45) is 5.92 Å². The Balaban J connectivity index is 1.32. The number of nitrogens with zero attached hydrogens (tertiary/aromatic N) is 1. The van der Waals surface area contributed by atoms with Crippen molar-refractivity contribution in [2.45, 2.75) is 38.1 Å². The third-order valence-corrected chi connectivity index (χ3v) is 7.11. The molecule has 3 aromatic carbocycles. The number of anilines is 1. The van der Waals surface area contributed by atoms with Gasteiger partial charge in [-0.25, -0.2) is 0 Å². The highest BCUT2D eigenvalue weighted by Crippen LogP contribution is 2.30. The van der Waals surface area contributed by atoms with Gasteiger partial charge in [0.15, 0.2) is 0 Å². The van der Waals surface area contributed by atoms with Crippen LogP contribution in [-0.4, -0.2) is 48.9 Å². The molecule has 1 saturated heterocycles. The molecule has 7 nitrogen and oxygen atoms in total. The molecule has 0 saturated carbocycles. The topological polar surface area (TPSA) is 102 Å². The summed E-state index contributed by atoms with van der Waals surface area (Å²) in [6, 6.07) is 25.2. The van der Waals surface area contributed by atoms with Crippen LogP contribution in [0.1, 0.15) is 41.6 Å². The first-order valence-corrected chi connectivity index (χ1v) is 13.1. The first-order chi connectivity index (χ1) is 18.4. The summed E-state index contributed by atoms with van der Waals surface area (Å²) < 4.78 is 4.80. The SMILES string of the molecule is COC(=O)C[C@@H]1C[C@@H](CCNC(=O)c2ccc(-c3cccc(N)c3)cc2)N(CCCc2ccccc2)C1=O. The molecular formula is C31H35N3O4. The molecule has 0 spiro atoms. The number of aryl methyl sites for hydroxylation is 1. The Morgan fingerprint density at radius 1 is 1.00 bits per heavy atom. The Kier molecular flexibility index (Phi) is 9.14. The number of likely N-dealkylation sites (tertiary alicyclic amines) is 1. The maximum Gasteiger partial charge on any atom is 0.306 e. The molecule has 0 aliphatic carbocycles.